The molecule has 128 valence electrons. The van der Waals surface area contributed by atoms with Gasteiger partial charge in [-0.25, -0.2) is 0 Å². The van der Waals surface area contributed by atoms with Crippen molar-refractivity contribution < 1.29 is 5.11 Å². The molecule has 2 aromatic carbocycles. The second kappa shape index (κ2) is 6.78. The molecule has 2 aliphatic rings. The van der Waals surface area contributed by atoms with Crippen LogP contribution in [0, 0.1) is 0 Å². The van der Waals surface area contributed by atoms with Crippen LogP contribution in [-0.2, 0) is 12.0 Å². The summed E-state index contributed by atoms with van der Waals surface area (Å²) in [7, 11) is 0. The first-order valence-electron chi connectivity index (χ1n) is 8.78. The van der Waals surface area contributed by atoms with Crippen LogP contribution < -0.4 is 0 Å². The highest BCUT2D eigenvalue weighted by atomic mass is 35.5. The zero-order valence-electron chi connectivity index (χ0n) is 14.2. The molecular weight excluding hydrogens is 318 g/mol. The van der Waals surface area contributed by atoms with Crippen molar-refractivity contribution in [2.75, 3.05) is 0 Å². The molecule has 0 spiro atoms. The lowest BCUT2D eigenvalue weighted by Crippen LogP contribution is -2.39. The predicted molar refractivity (Wildman–Crippen MR) is 101 cm³/mol. The molecule has 1 saturated carbocycles. The summed E-state index contributed by atoms with van der Waals surface area (Å²) in [6, 6.07) is 20.0. The lowest BCUT2D eigenvalue weighted by molar-refractivity contribution is 0.183. The molecule has 1 aliphatic heterocycles. The van der Waals surface area contributed by atoms with Crippen LogP contribution in [0.15, 0.2) is 54.6 Å². The van der Waals surface area contributed by atoms with E-state index in [4.69, 9.17) is 0 Å². The van der Waals surface area contributed by atoms with Gasteiger partial charge in [-0.3, -0.25) is 4.90 Å². The largest absolute Gasteiger partial charge is 0.508 e. The van der Waals surface area contributed by atoms with E-state index in [9.17, 15) is 5.11 Å². The number of rotatable bonds is 3. The summed E-state index contributed by atoms with van der Waals surface area (Å²) in [6.45, 7) is 3.42. The fraction of sp³-hybridized carbons (Fsp3) is 0.429. The van der Waals surface area contributed by atoms with E-state index >= 15 is 0 Å². The minimum absolute atomic E-state index is 0. The third-order valence-electron chi connectivity index (χ3n) is 6.16. The summed E-state index contributed by atoms with van der Waals surface area (Å²) in [5, 5.41) is 9.94. The van der Waals surface area contributed by atoms with Gasteiger partial charge in [-0.05, 0) is 49.4 Å². The minimum atomic E-state index is 0. The molecule has 2 nitrogen and oxygen atoms in total. The number of hydrogen-bond donors (Lipinski definition) is 1. The second-order valence-corrected chi connectivity index (χ2v) is 7.29. The molecule has 2 bridgehead atoms. The normalized spacial score (nSPS) is 29.2. The van der Waals surface area contributed by atoms with Crippen molar-refractivity contribution in [2.45, 2.75) is 56.7 Å². The molecule has 2 aromatic rings. The Morgan fingerprint density at radius 1 is 1.12 bits per heavy atom. The van der Waals surface area contributed by atoms with Gasteiger partial charge in [-0.1, -0.05) is 48.9 Å². The van der Waals surface area contributed by atoms with Gasteiger partial charge in [-0.15, -0.1) is 12.4 Å². The van der Waals surface area contributed by atoms with Gasteiger partial charge in [0.05, 0.1) is 0 Å². The highest BCUT2D eigenvalue weighted by molar-refractivity contribution is 5.85. The molecule has 0 radical (unpaired) electrons. The van der Waals surface area contributed by atoms with Gasteiger partial charge in [0, 0.05) is 24.0 Å². The molecule has 0 aromatic heterocycles. The fourth-order valence-corrected chi connectivity index (χ4v) is 4.95. The van der Waals surface area contributed by atoms with Gasteiger partial charge in [0.15, 0.2) is 0 Å². The highest BCUT2D eigenvalue weighted by Crippen LogP contribution is 2.52. The summed E-state index contributed by atoms with van der Waals surface area (Å²) in [4.78, 5) is 2.70. The molecule has 2 fully saturated rings. The number of aromatic hydroxyl groups is 1. The first-order valence-corrected chi connectivity index (χ1v) is 8.78. The Balaban J connectivity index is 0.00000169. The molecule has 3 atom stereocenters. The smallest absolute Gasteiger partial charge is 0.115 e. The van der Waals surface area contributed by atoms with Crippen molar-refractivity contribution >= 4 is 12.4 Å². The molecular formula is C21H26ClNO. The molecule has 0 amide bonds. The molecule has 4 rings (SSSR count). The minimum Gasteiger partial charge on any atom is -0.508 e. The van der Waals surface area contributed by atoms with Gasteiger partial charge >= 0.3 is 0 Å². The second-order valence-electron chi connectivity index (χ2n) is 7.29. The number of benzene rings is 2. The Kier molecular flexibility index (Phi) is 4.89. The Labute approximate surface area is 150 Å². The number of phenols is 1. The summed E-state index contributed by atoms with van der Waals surface area (Å²) in [5.41, 5.74) is 2.93. The molecule has 1 N–H and O–H groups in total. The van der Waals surface area contributed by atoms with Crippen molar-refractivity contribution in [3.63, 3.8) is 0 Å². The van der Waals surface area contributed by atoms with E-state index < -0.39 is 0 Å². The fourth-order valence-electron chi connectivity index (χ4n) is 4.95. The Morgan fingerprint density at radius 2 is 1.92 bits per heavy atom. The number of hydrogen-bond acceptors (Lipinski definition) is 2. The predicted octanol–water partition coefficient (Wildman–Crippen LogP) is 4.90. The molecule has 24 heavy (non-hydrogen) atoms. The molecule has 1 saturated heterocycles. The van der Waals surface area contributed by atoms with Crippen molar-refractivity contribution in [3.8, 4) is 5.75 Å². The van der Waals surface area contributed by atoms with Crippen LogP contribution in [0.2, 0.25) is 0 Å². The maximum atomic E-state index is 9.94. The topological polar surface area (TPSA) is 23.5 Å². The van der Waals surface area contributed by atoms with Gasteiger partial charge in [0.25, 0.3) is 0 Å². The average molecular weight is 344 g/mol. The first kappa shape index (κ1) is 17.3. The van der Waals surface area contributed by atoms with Gasteiger partial charge in [0.2, 0.25) is 0 Å². The van der Waals surface area contributed by atoms with Crippen molar-refractivity contribution in [3.05, 3.63) is 65.7 Å². The van der Waals surface area contributed by atoms with Crippen LogP contribution in [0.25, 0.3) is 0 Å². The Hall–Kier alpha value is -1.51. The van der Waals surface area contributed by atoms with Crippen molar-refractivity contribution in [1.82, 2.24) is 4.90 Å². The van der Waals surface area contributed by atoms with Crippen molar-refractivity contribution in [2.24, 2.45) is 0 Å². The van der Waals surface area contributed by atoms with E-state index in [1.165, 1.54) is 36.8 Å². The summed E-state index contributed by atoms with van der Waals surface area (Å²) >= 11 is 0. The van der Waals surface area contributed by atoms with E-state index in [1.807, 2.05) is 12.1 Å². The summed E-state index contributed by atoms with van der Waals surface area (Å²) in [5.74, 6) is 0.396. The number of fused-ring (bicyclic) bond motifs is 2. The van der Waals surface area contributed by atoms with Crippen LogP contribution in [-0.4, -0.2) is 22.1 Å². The summed E-state index contributed by atoms with van der Waals surface area (Å²) in [6.07, 6.45) is 5.05. The monoisotopic (exact) mass is 343 g/mol. The lowest BCUT2D eigenvalue weighted by Gasteiger charge is -2.36. The quantitative estimate of drug-likeness (QED) is 0.856. The van der Waals surface area contributed by atoms with Crippen LogP contribution >= 0.6 is 12.4 Å². The SMILES string of the molecule is CC1N(Cc2ccccc2)C2CCCC1(c1cccc(O)c1)C2.Cl. The zero-order chi connectivity index (χ0) is 15.9. The number of likely N-dealkylation sites (tertiary alicyclic amines) is 1. The maximum absolute atomic E-state index is 9.94. The third kappa shape index (κ3) is 2.82. The standard InChI is InChI=1S/C21H25NO.ClH/c1-16-21(18-9-5-11-20(23)13-18)12-6-10-19(14-21)22(16)15-17-7-3-2-4-8-17;/h2-5,7-9,11,13,16,19,23H,6,10,12,14-15H2,1H3;1H. The number of nitrogens with zero attached hydrogens (tertiary/aromatic N) is 1. The molecule has 1 heterocycles. The van der Waals surface area contributed by atoms with Gasteiger partial charge < -0.3 is 5.11 Å². The van der Waals surface area contributed by atoms with Crippen LogP contribution in [0.5, 0.6) is 5.75 Å². The van der Waals surface area contributed by atoms with Gasteiger partial charge in [-0.2, -0.15) is 0 Å². The van der Waals surface area contributed by atoms with E-state index in [0.717, 1.165) is 6.54 Å². The Morgan fingerprint density at radius 3 is 2.67 bits per heavy atom. The lowest BCUT2D eigenvalue weighted by atomic mass is 9.67. The highest BCUT2D eigenvalue weighted by Gasteiger charge is 2.52. The van der Waals surface area contributed by atoms with E-state index in [1.54, 1.807) is 6.07 Å². The molecule has 1 aliphatic carbocycles. The van der Waals surface area contributed by atoms with E-state index in [-0.39, 0.29) is 17.8 Å². The molecule has 3 heteroatoms. The zero-order valence-corrected chi connectivity index (χ0v) is 15.0. The number of phenolic OH excluding ortho intramolecular Hbond substituents is 1. The van der Waals surface area contributed by atoms with E-state index in [0.29, 0.717) is 17.8 Å². The van der Waals surface area contributed by atoms with Crippen LogP contribution in [0.4, 0.5) is 0 Å². The average Bonchev–Trinajstić information content (AvgIpc) is 2.77. The summed E-state index contributed by atoms with van der Waals surface area (Å²) < 4.78 is 0. The van der Waals surface area contributed by atoms with Gasteiger partial charge in [0.1, 0.15) is 5.75 Å². The maximum Gasteiger partial charge on any atom is 0.115 e. The van der Waals surface area contributed by atoms with Crippen LogP contribution in [0.3, 0.4) is 0 Å². The van der Waals surface area contributed by atoms with Crippen LogP contribution in [0.1, 0.15) is 43.7 Å². The first-order chi connectivity index (χ1) is 11.2. The van der Waals surface area contributed by atoms with Crippen molar-refractivity contribution in [1.29, 1.82) is 0 Å². The molecule has 3 unspecified atom stereocenters. The third-order valence-corrected chi connectivity index (χ3v) is 6.16. The number of halogens is 1. The van der Waals surface area contributed by atoms with E-state index in [2.05, 4.69) is 48.2 Å². The Bertz CT molecular complexity index is 689.